The average molecular weight is 441 g/mol. The average Bonchev–Trinajstić information content (AvgIpc) is 2.75. The van der Waals surface area contributed by atoms with Gasteiger partial charge in [-0.2, -0.15) is 4.31 Å². The second-order valence-corrected chi connectivity index (χ2v) is 8.93. The summed E-state index contributed by atoms with van der Waals surface area (Å²) in [4.78, 5) is 12.5. The molecule has 0 radical (unpaired) electrons. The molecule has 0 bridgehead atoms. The largest absolute Gasteiger partial charge is 0.322 e. The van der Waals surface area contributed by atoms with E-state index < -0.39 is 10.0 Å². The first-order valence-corrected chi connectivity index (χ1v) is 11.0. The number of hydrogen-bond acceptors (Lipinski definition) is 3. The Hall–Kier alpha value is -2.93. The number of hydrogen-bond donors (Lipinski definition) is 1. The fourth-order valence-corrected chi connectivity index (χ4v) is 4.36. The molecular formula is C23H21ClN2O3S. The highest BCUT2D eigenvalue weighted by Crippen LogP contribution is 2.21. The topological polar surface area (TPSA) is 66.5 Å². The summed E-state index contributed by atoms with van der Waals surface area (Å²) in [7, 11) is -3.72. The lowest BCUT2D eigenvalue weighted by molar-refractivity contribution is 0.102. The van der Waals surface area contributed by atoms with Gasteiger partial charge in [-0.05, 0) is 54.1 Å². The molecular weight excluding hydrogens is 420 g/mol. The van der Waals surface area contributed by atoms with E-state index in [4.69, 9.17) is 11.6 Å². The second kappa shape index (κ2) is 9.71. The molecule has 30 heavy (non-hydrogen) atoms. The maximum absolute atomic E-state index is 13.0. The zero-order valence-electron chi connectivity index (χ0n) is 16.2. The summed E-state index contributed by atoms with van der Waals surface area (Å²) in [6.45, 7) is 3.96. The fourth-order valence-electron chi connectivity index (χ4n) is 2.84. The van der Waals surface area contributed by atoms with Gasteiger partial charge in [-0.25, -0.2) is 8.42 Å². The summed E-state index contributed by atoms with van der Waals surface area (Å²) in [6, 6.07) is 22.0. The molecule has 0 atom stereocenters. The van der Waals surface area contributed by atoms with Gasteiger partial charge in [0.15, 0.2) is 0 Å². The van der Waals surface area contributed by atoms with Gasteiger partial charge in [0.1, 0.15) is 0 Å². The van der Waals surface area contributed by atoms with E-state index in [-0.39, 0.29) is 23.9 Å². The number of carbonyl (C=O) groups is 1. The molecule has 0 heterocycles. The van der Waals surface area contributed by atoms with Crippen LogP contribution in [-0.2, 0) is 16.6 Å². The van der Waals surface area contributed by atoms with Crippen molar-refractivity contribution in [2.24, 2.45) is 0 Å². The molecule has 3 aromatic carbocycles. The fraction of sp³-hybridized carbons (Fsp3) is 0.0870. The van der Waals surface area contributed by atoms with Gasteiger partial charge in [0.05, 0.1) is 4.90 Å². The van der Waals surface area contributed by atoms with E-state index >= 15 is 0 Å². The number of benzene rings is 3. The normalized spacial score (nSPS) is 11.3. The van der Waals surface area contributed by atoms with Crippen LogP contribution in [0.2, 0.25) is 5.02 Å². The number of rotatable bonds is 8. The van der Waals surface area contributed by atoms with Crippen LogP contribution < -0.4 is 5.32 Å². The molecule has 0 saturated carbocycles. The van der Waals surface area contributed by atoms with Crippen molar-refractivity contribution in [1.29, 1.82) is 0 Å². The van der Waals surface area contributed by atoms with Crippen molar-refractivity contribution in [2.45, 2.75) is 11.4 Å². The number of carbonyl (C=O) groups excluding carboxylic acids is 1. The summed E-state index contributed by atoms with van der Waals surface area (Å²) in [5.74, 6) is -0.232. The maximum atomic E-state index is 13.0. The van der Waals surface area contributed by atoms with Crippen LogP contribution in [0.25, 0.3) is 0 Å². The number of halogens is 1. The predicted molar refractivity (Wildman–Crippen MR) is 120 cm³/mol. The second-order valence-electron chi connectivity index (χ2n) is 6.56. The van der Waals surface area contributed by atoms with Gasteiger partial charge in [-0.3, -0.25) is 4.79 Å². The first-order valence-electron chi connectivity index (χ1n) is 9.22. The lowest BCUT2D eigenvalue weighted by atomic mass is 10.1. The standard InChI is InChI=1S/C23H21ClN2O3S/c1-2-16-26(30(28,29)22-14-12-20(24)13-15-22)17-18-8-10-19(11-9-18)23(27)25-21-6-4-3-5-7-21/h2-15H,1,16-17H2,(H,25,27). The Labute approximate surface area is 181 Å². The number of amides is 1. The summed E-state index contributed by atoms with van der Waals surface area (Å²) in [5, 5.41) is 3.29. The van der Waals surface area contributed by atoms with Crippen molar-refractivity contribution in [3.63, 3.8) is 0 Å². The Morgan fingerprint density at radius 2 is 1.60 bits per heavy atom. The van der Waals surface area contributed by atoms with Gasteiger partial charge in [-0.15, -0.1) is 6.58 Å². The van der Waals surface area contributed by atoms with E-state index in [9.17, 15) is 13.2 Å². The lowest BCUT2D eigenvalue weighted by Gasteiger charge is -2.21. The van der Waals surface area contributed by atoms with Gasteiger partial charge < -0.3 is 5.32 Å². The minimum Gasteiger partial charge on any atom is -0.322 e. The number of nitrogens with zero attached hydrogens (tertiary/aromatic N) is 1. The van der Waals surface area contributed by atoms with Crippen LogP contribution in [0.4, 0.5) is 5.69 Å². The monoisotopic (exact) mass is 440 g/mol. The van der Waals surface area contributed by atoms with Crippen LogP contribution in [0.15, 0.2) is 96.4 Å². The van der Waals surface area contributed by atoms with E-state index in [0.29, 0.717) is 16.3 Å². The van der Waals surface area contributed by atoms with Crippen LogP contribution in [-0.4, -0.2) is 25.2 Å². The zero-order valence-corrected chi connectivity index (χ0v) is 17.7. The molecule has 3 aromatic rings. The Balaban J connectivity index is 1.75. The molecule has 1 amide bonds. The van der Waals surface area contributed by atoms with Gasteiger partial charge in [0, 0.05) is 29.4 Å². The Morgan fingerprint density at radius 1 is 0.967 bits per heavy atom. The third-order valence-corrected chi connectivity index (χ3v) is 6.47. The van der Waals surface area contributed by atoms with Gasteiger partial charge in [0.25, 0.3) is 5.91 Å². The minimum absolute atomic E-state index is 0.150. The van der Waals surface area contributed by atoms with Crippen molar-refractivity contribution >= 4 is 33.2 Å². The number of nitrogens with one attached hydrogen (secondary N) is 1. The highest BCUT2D eigenvalue weighted by molar-refractivity contribution is 7.89. The van der Waals surface area contributed by atoms with Crippen molar-refractivity contribution in [1.82, 2.24) is 4.31 Å². The smallest absolute Gasteiger partial charge is 0.255 e. The molecule has 0 aromatic heterocycles. The van der Waals surface area contributed by atoms with Crippen LogP contribution >= 0.6 is 11.6 Å². The van der Waals surface area contributed by atoms with Crippen molar-refractivity contribution in [3.05, 3.63) is 108 Å². The summed E-state index contributed by atoms with van der Waals surface area (Å²) in [5.41, 5.74) is 1.95. The van der Waals surface area contributed by atoms with Gasteiger partial charge in [0.2, 0.25) is 10.0 Å². The SMILES string of the molecule is C=CCN(Cc1ccc(C(=O)Nc2ccccc2)cc1)S(=O)(=O)c1ccc(Cl)cc1. The first-order chi connectivity index (χ1) is 14.4. The van der Waals surface area contributed by atoms with Crippen LogP contribution in [0, 0.1) is 0 Å². The Morgan fingerprint density at radius 3 is 2.20 bits per heavy atom. The lowest BCUT2D eigenvalue weighted by Crippen LogP contribution is -2.30. The van der Waals surface area contributed by atoms with Gasteiger partial charge >= 0.3 is 0 Å². The quantitative estimate of drug-likeness (QED) is 0.503. The summed E-state index contributed by atoms with van der Waals surface area (Å²) >= 11 is 5.87. The molecule has 0 saturated heterocycles. The zero-order chi connectivity index (χ0) is 21.6. The van der Waals surface area contributed by atoms with E-state index in [1.807, 2.05) is 18.2 Å². The molecule has 0 aliphatic rings. The first kappa shape index (κ1) is 21.8. The molecule has 0 aliphatic carbocycles. The van der Waals surface area contributed by atoms with E-state index in [2.05, 4.69) is 11.9 Å². The highest BCUT2D eigenvalue weighted by atomic mass is 35.5. The summed E-state index contributed by atoms with van der Waals surface area (Å²) in [6.07, 6.45) is 1.54. The highest BCUT2D eigenvalue weighted by Gasteiger charge is 2.23. The van der Waals surface area contributed by atoms with E-state index in [1.54, 1.807) is 48.5 Å². The van der Waals surface area contributed by atoms with Crippen molar-refractivity contribution in [3.8, 4) is 0 Å². The van der Waals surface area contributed by atoms with Crippen molar-refractivity contribution < 1.29 is 13.2 Å². The van der Waals surface area contributed by atoms with E-state index in [0.717, 1.165) is 5.56 Å². The van der Waals surface area contributed by atoms with E-state index in [1.165, 1.54) is 22.5 Å². The third kappa shape index (κ3) is 5.36. The van der Waals surface area contributed by atoms with Crippen molar-refractivity contribution in [2.75, 3.05) is 11.9 Å². The van der Waals surface area contributed by atoms with Gasteiger partial charge in [-0.1, -0.05) is 48.0 Å². The molecule has 0 aliphatic heterocycles. The molecule has 0 spiro atoms. The minimum atomic E-state index is -3.72. The molecule has 3 rings (SSSR count). The predicted octanol–water partition coefficient (Wildman–Crippen LogP) is 4.97. The number of sulfonamides is 1. The Bertz CT molecular complexity index is 1110. The van der Waals surface area contributed by atoms with Crippen LogP contribution in [0.1, 0.15) is 15.9 Å². The molecule has 0 fully saturated rings. The molecule has 1 N–H and O–H groups in total. The number of para-hydroxylation sites is 1. The molecule has 0 unspecified atom stereocenters. The number of anilines is 1. The van der Waals surface area contributed by atoms with Crippen LogP contribution in [0.3, 0.4) is 0 Å². The third-order valence-electron chi connectivity index (χ3n) is 4.39. The molecule has 154 valence electrons. The summed E-state index contributed by atoms with van der Waals surface area (Å²) < 4.78 is 27.3. The maximum Gasteiger partial charge on any atom is 0.255 e. The van der Waals surface area contributed by atoms with Crippen LogP contribution in [0.5, 0.6) is 0 Å². The Kier molecular flexibility index (Phi) is 7.05. The molecule has 7 heteroatoms. The molecule has 5 nitrogen and oxygen atoms in total.